The maximum Gasteiger partial charge on any atom is 0.179 e. The van der Waals surface area contributed by atoms with Gasteiger partial charge in [-0.05, 0) is 38.5 Å². The van der Waals surface area contributed by atoms with Gasteiger partial charge in [0.05, 0.1) is 10.6 Å². The van der Waals surface area contributed by atoms with E-state index in [2.05, 4.69) is 5.48 Å². The normalized spacial score (nSPS) is 14.7. The van der Waals surface area contributed by atoms with E-state index in [9.17, 15) is 0 Å². The predicted molar refractivity (Wildman–Crippen MR) is 70.1 cm³/mol. The van der Waals surface area contributed by atoms with E-state index in [-0.39, 0.29) is 5.60 Å². The van der Waals surface area contributed by atoms with Crippen LogP contribution in [-0.4, -0.2) is 18.8 Å². The number of hydrogen-bond donors (Lipinski definition) is 1. The minimum atomic E-state index is -0.225. The van der Waals surface area contributed by atoms with Crippen LogP contribution in [0.2, 0.25) is 5.02 Å². The Morgan fingerprint density at radius 1 is 1.28 bits per heavy atom. The van der Waals surface area contributed by atoms with Crippen LogP contribution in [0.5, 0.6) is 11.5 Å². The first-order valence-electron chi connectivity index (χ1n) is 5.94. The van der Waals surface area contributed by atoms with Crippen molar-refractivity contribution in [3.8, 4) is 11.5 Å². The van der Waals surface area contributed by atoms with Gasteiger partial charge in [-0.2, -0.15) is 5.48 Å². The number of hydrogen-bond acceptors (Lipinski definition) is 4. The van der Waals surface area contributed by atoms with Crippen LogP contribution in [0, 0.1) is 0 Å². The third kappa shape index (κ3) is 3.51. The zero-order chi connectivity index (χ0) is 13.2. The summed E-state index contributed by atoms with van der Waals surface area (Å²) in [7, 11) is 0. The molecule has 5 heteroatoms. The second kappa shape index (κ2) is 5.34. The molecule has 0 aromatic heterocycles. The number of nitrogens with one attached hydrogen (secondary N) is 1. The third-order valence-corrected chi connectivity index (χ3v) is 2.59. The van der Waals surface area contributed by atoms with E-state index >= 15 is 0 Å². The zero-order valence-electron chi connectivity index (χ0n) is 10.9. The van der Waals surface area contributed by atoms with E-state index in [1.807, 2.05) is 32.9 Å². The first kappa shape index (κ1) is 13.5. The van der Waals surface area contributed by atoms with Gasteiger partial charge in [-0.1, -0.05) is 11.6 Å². The lowest BCUT2D eigenvalue weighted by atomic mass is 10.2. The summed E-state index contributed by atoms with van der Waals surface area (Å²) in [5.74, 6) is 1.32. The summed E-state index contributed by atoms with van der Waals surface area (Å²) in [6.07, 6.45) is 0. The Morgan fingerprint density at radius 2 is 2.00 bits per heavy atom. The molecule has 100 valence electrons. The molecule has 0 saturated heterocycles. The Labute approximate surface area is 112 Å². The highest BCUT2D eigenvalue weighted by Crippen LogP contribution is 2.38. The molecule has 2 rings (SSSR count). The van der Waals surface area contributed by atoms with Crippen molar-refractivity contribution in [2.24, 2.45) is 0 Å². The fourth-order valence-corrected chi connectivity index (χ4v) is 1.89. The minimum absolute atomic E-state index is 0.225. The Hall–Kier alpha value is -0.970. The highest BCUT2D eigenvalue weighted by Gasteiger charge is 2.17. The van der Waals surface area contributed by atoms with Gasteiger partial charge in [-0.25, -0.2) is 0 Å². The Kier molecular flexibility index (Phi) is 4.00. The van der Waals surface area contributed by atoms with E-state index in [0.717, 1.165) is 5.56 Å². The molecule has 0 spiro atoms. The van der Waals surface area contributed by atoms with Gasteiger partial charge in [-0.3, -0.25) is 4.84 Å². The molecular formula is C13H18ClNO3. The molecule has 0 aliphatic carbocycles. The summed E-state index contributed by atoms with van der Waals surface area (Å²) in [5.41, 5.74) is 3.69. The van der Waals surface area contributed by atoms with Gasteiger partial charge in [0.25, 0.3) is 0 Å². The topological polar surface area (TPSA) is 39.7 Å². The van der Waals surface area contributed by atoms with Crippen LogP contribution in [-0.2, 0) is 11.4 Å². The van der Waals surface area contributed by atoms with E-state index in [1.165, 1.54) is 0 Å². The molecule has 0 saturated carbocycles. The van der Waals surface area contributed by atoms with E-state index in [4.69, 9.17) is 25.9 Å². The second-order valence-corrected chi connectivity index (χ2v) is 5.54. The van der Waals surface area contributed by atoms with Crippen LogP contribution in [0.25, 0.3) is 0 Å². The number of fused-ring (bicyclic) bond motifs is 1. The first-order valence-corrected chi connectivity index (χ1v) is 6.32. The Balaban J connectivity index is 2.03. The van der Waals surface area contributed by atoms with E-state index in [0.29, 0.717) is 36.3 Å². The van der Waals surface area contributed by atoms with Gasteiger partial charge >= 0.3 is 0 Å². The molecule has 1 aromatic rings. The molecular weight excluding hydrogens is 254 g/mol. The SMILES string of the molecule is CC(C)(C)ONCc1cc(Cl)c2c(c1)OCCO2. The Bertz CT molecular complexity index is 429. The average Bonchev–Trinajstić information content (AvgIpc) is 2.27. The molecule has 1 heterocycles. The quantitative estimate of drug-likeness (QED) is 0.858. The lowest BCUT2D eigenvalue weighted by Gasteiger charge is -2.22. The third-order valence-electron chi connectivity index (χ3n) is 2.31. The molecule has 0 fully saturated rings. The van der Waals surface area contributed by atoms with Gasteiger partial charge in [0.2, 0.25) is 0 Å². The molecule has 0 unspecified atom stereocenters. The van der Waals surface area contributed by atoms with Crippen LogP contribution in [0.15, 0.2) is 12.1 Å². The maximum absolute atomic E-state index is 6.14. The number of halogens is 1. The Morgan fingerprint density at radius 3 is 2.72 bits per heavy atom. The van der Waals surface area contributed by atoms with Crippen LogP contribution in [0.4, 0.5) is 0 Å². The van der Waals surface area contributed by atoms with Gasteiger partial charge in [0, 0.05) is 6.54 Å². The number of rotatable bonds is 3. The summed E-state index contributed by atoms with van der Waals surface area (Å²) in [6.45, 7) is 7.61. The molecule has 1 aliphatic rings. The molecule has 1 aromatic carbocycles. The highest BCUT2D eigenvalue weighted by molar-refractivity contribution is 6.32. The van der Waals surface area contributed by atoms with Crippen LogP contribution in [0.3, 0.4) is 0 Å². The summed E-state index contributed by atoms with van der Waals surface area (Å²) in [5, 5.41) is 0.569. The number of benzene rings is 1. The monoisotopic (exact) mass is 271 g/mol. The smallest absolute Gasteiger partial charge is 0.179 e. The molecule has 1 N–H and O–H groups in total. The number of ether oxygens (including phenoxy) is 2. The van der Waals surface area contributed by atoms with Crippen LogP contribution in [0.1, 0.15) is 26.3 Å². The lowest BCUT2D eigenvalue weighted by Crippen LogP contribution is -2.28. The van der Waals surface area contributed by atoms with Crippen molar-refractivity contribution in [3.05, 3.63) is 22.7 Å². The van der Waals surface area contributed by atoms with Gasteiger partial charge in [0.15, 0.2) is 11.5 Å². The first-order chi connectivity index (χ1) is 8.46. The van der Waals surface area contributed by atoms with Crippen molar-refractivity contribution in [2.45, 2.75) is 32.9 Å². The van der Waals surface area contributed by atoms with Crippen molar-refractivity contribution < 1.29 is 14.3 Å². The van der Waals surface area contributed by atoms with Gasteiger partial charge < -0.3 is 9.47 Å². The summed E-state index contributed by atoms with van der Waals surface area (Å²) < 4.78 is 11.0. The van der Waals surface area contributed by atoms with Crippen molar-refractivity contribution >= 4 is 11.6 Å². The minimum Gasteiger partial charge on any atom is -0.486 e. The predicted octanol–water partition coefficient (Wildman–Crippen LogP) is 2.93. The fraction of sp³-hybridized carbons (Fsp3) is 0.538. The largest absolute Gasteiger partial charge is 0.486 e. The van der Waals surface area contributed by atoms with Crippen molar-refractivity contribution in [1.82, 2.24) is 5.48 Å². The van der Waals surface area contributed by atoms with Gasteiger partial charge in [-0.15, -0.1) is 0 Å². The highest BCUT2D eigenvalue weighted by atomic mass is 35.5. The number of hydroxylamine groups is 1. The zero-order valence-corrected chi connectivity index (χ0v) is 11.6. The molecule has 0 atom stereocenters. The van der Waals surface area contributed by atoms with Crippen LogP contribution < -0.4 is 15.0 Å². The summed E-state index contributed by atoms with van der Waals surface area (Å²) >= 11 is 6.14. The van der Waals surface area contributed by atoms with E-state index in [1.54, 1.807) is 0 Å². The second-order valence-electron chi connectivity index (χ2n) is 5.14. The standard InChI is InChI=1S/C13H18ClNO3/c1-13(2,3)18-15-8-9-6-10(14)12-11(7-9)16-4-5-17-12/h6-7,15H,4-5,8H2,1-3H3. The maximum atomic E-state index is 6.14. The van der Waals surface area contributed by atoms with Crippen molar-refractivity contribution in [2.75, 3.05) is 13.2 Å². The van der Waals surface area contributed by atoms with E-state index < -0.39 is 0 Å². The van der Waals surface area contributed by atoms with Crippen molar-refractivity contribution in [3.63, 3.8) is 0 Å². The fourth-order valence-electron chi connectivity index (χ4n) is 1.60. The molecule has 0 bridgehead atoms. The van der Waals surface area contributed by atoms with Gasteiger partial charge in [0.1, 0.15) is 13.2 Å². The van der Waals surface area contributed by atoms with Crippen LogP contribution >= 0.6 is 11.6 Å². The summed E-state index contributed by atoms with van der Waals surface area (Å²) in [6, 6.07) is 3.77. The van der Waals surface area contributed by atoms with Crippen molar-refractivity contribution in [1.29, 1.82) is 0 Å². The molecule has 4 nitrogen and oxygen atoms in total. The average molecular weight is 272 g/mol. The lowest BCUT2D eigenvalue weighted by molar-refractivity contribution is -0.0757. The molecule has 1 aliphatic heterocycles. The molecule has 0 amide bonds. The summed E-state index contributed by atoms with van der Waals surface area (Å²) in [4.78, 5) is 5.45. The molecule has 18 heavy (non-hydrogen) atoms. The molecule has 0 radical (unpaired) electrons.